The minimum Gasteiger partial charge on any atom is -0.462 e. The highest BCUT2D eigenvalue weighted by molar-refractivity contribution is 5.71. The van der Waals surface area contributed by atoms with Gasteiger partial charge in [0.25, 0.3) is 0 Å². The maximum absolute atomic E-state index is 12.7. The fourth-order valence-electron chi connectivity index (χ4n) is 6.03. The van der Waals surface area contributed by atoms with Crippen LogP contribution in [0, 0.1) is 0 Å². The first-order valence-electron chi connectivity index (χ1n) is 22.8. The van der Waals surface area contributed by atoms with E-state index in [9.17, 15) is 14.4 Å². The van der Waals surface area contributed by atoms with Gasteiger partial charge in [0.15, 0.2) is 6.10 Å². The highest BCUT2D eigenvalue weighted by Crippen LogP contribution is 2.12. The Morgan fingerprint density at radius 2 is 0.709 bits per heavy atom. The molecule has 0 radical (unpaired) electrons. The van der Waals surface area contributed by atoms with Crippen molar-refractivity contribution < 1.29 is 28.6 Å². The van der Waals surface area contributed by atoms with Gasteiger partial charge in [0.1, 0.15) is 13.2 Å². The van der Waals surface area contributed by atoms with Crippen LogP contribution in [0.15, 0.2) is 60.8 Å². The standard InChI is InChI=1S/C49H84O6/c1-4-7-10-13-16-19-22-25-28-30-33-36-39-42-48(51)54-45-46(55-49(52)43-40-37-34-31-27-24-21-18-15-12-9-6-3)44-53-47(50)41-38-35-32-29-26-23-20-17-14-11-8-5-2/h9,12,17-18,20-21,25,27-28,31,46H,4-8,10-11,13-16,19,22-24,26,29-30,32-45H2,1-3H3/b12-9-,20-17-,21-18-,28-25-,31-27-. The summed E-state index contributed by atoms with van der Waals surface area (Å²) in [6.07, 6.45) is 52.1. The van der Waals surface area contributed by atoms with Gasteiger partial charge in [-0.25, -0.2) is 0 Å². The lowest BCUT2D eigenvalue weighted by Crippen LogP contribution is -2.30. The van der Waals surface area contributed by atoms with E-state index in [2.05, 4.69) is 81.5 Å². The summed E-state index contributed by atoms with van der Waals surface area (Å²) in [5.41, 5.74) is 0. The normalized spacial score (nSPS) is 12.6. The number of ether oxygens (including phenoxy) is 3. The molecule has 1 atom stereocenters. The summed E-state index contributed by atoms with van der Waals surface area (Å²) < 4.78 is 16.6. The van der Waals surface area contributed by atoms with E-state index in [0.29, 0.717) is 19.3 Å². The van der Waals surface area contributed by atoms with Crippen LogP contribution in [0.4, 0.5) is 0 Å². The molecule has 0 rings (SSSR count). The van der Waals surface area contributed by atoms with E-state index in [4.69, 9.17) is 14.2 Å². The van der Waals surface area contributed by atoms with E-state index in [1.807, 2.05) is 0 Å². The Kier molecular flexibility index (Phi) is 41.5. The molecule has 0 spiro atoms. The van der Waals surface area contributed by atoms with Gasteiger partial charge in [0.05, 0.1) is 0 Å². The van der Waals surface area contributed by atoms with Crippen LogP contribution in [-0.4, -0.2) is 37.2 Å². The van der Waals surface area contributed by atoms with Crippen LogP contribution < -0.4 is 0 Å². The fraction of sp³-hybridized carbons (Fsp3) is 0.735. The first kappa shape index (κ1) is 52.1. The van der Waals surface area contributed by atoms with Gasteiger partial charge in [-0.1, -0.05) is 152 Å². The van der Waals surface area contributed by atoms with Crippen LogP contribution in [0.25, 0.3) is 0 Å². The van der Waals surface area contributed by atoms with E-state index in [-0.39, 0.29) is 37.5 Å². The third-order valence-corrected chi connectivity index (χ3v) is 9.48. The molecule has 0 aliphatic heterocycles. The largest absolute Gasteiger partial charge is 0.462 e. The number of esters is 3. The number of hydrogen-bond acceptors (Lipinski definition) is 6. The van der Waals surface area contributed by atoms with Crippen molar-refractivity contribution in [1.29, 1.82) is 0 Å². The molecule has 55 heavy (non-hydrogen) atoms. The van der Waals surface area contributed by atoms with Crippen LogP contribution in [-0.2, 0) is 28.6 Å². The monoisotopic (exact) mass is 769 g/mol. The molecule has 6 nitrogen and oxygen atoms in total. The lowest BCUT2D eigenvalue weighted by Gasteiger charge is -2.18. The molecule has 0 aromatic rings. The zero-order valence-electron chi connectivity index (χ0n) is 35.9. The third-order valence-electron chi connectivity index (χ3n) is 9.48. The van der Waals surface area contributed by atoms with Crippen molar-refractivity contribution in [1.82, 2.24) is 0 Å². The van der Waals surface area contributed by atoms with Crippen molar-refractivity contribution in [2.45, 2.75) is 219 Å². The Balaban J connectivity index is 4.47. The quantitative estimate of drug-likeness (QED) is 0.0267. The minimum atomic E-state index is -0.800. The smallest absolute Gasteiger partial charge is 0.306 e. The lowest BCUT2D eigenvalue weighted by atomic mass is 10.1. The lowest BCUT2D eigenvalue weighted by molar-refractivity contribution is -0.167. The predicted molar refractivity (Wildman–Crippen MR) is 233 cm³/mol. The summed E-state index contributed by atoms with van der Waals surface area (Å²) in [5.74, 6) is -0.969. The zero-order chi connectivity index (χ0) is 40.1. The number of carbonyl (C=O) groups is 3. The molecule has 0 aromatic carbocycles. The Morgan fingerprint density at radius 1 is 0.382 bits per heavy atom. The van der Waals surface area contributed by atoms with Gasteiger partial charge < -0.3 is 14.2 Å². The number of unbranched alkanes of at least 4 members (excludes halogenated alkanes) is 19. The fourth-order valence-corrected chi connectivity index (χ4v) is 6.03. The van der Waals surface area contributed by atoms with Crippen molar-refractivity contribution in [3.63, 3.8) is 0 Å². The molecule has 0 saturated heterocycles. The zero-order valence-corrected chi connectivity index (χ0v) is 35.9. The van der Waals surface area contributed by atoms with E-state index >= 15 is 0 Å². The second kappa shape index (κ2) is 43.8. The van der Waals surface area contributed by atoms with Gasteiger partial charge in [0, 0.05) is 19.3 Å². The Bertz CT molecular complexity index is 1020. The first-order chi connectivity index (χ1) is 27.0. The number of hydrogen-bond donors (Lipinski definition) is 0. The minimum absolute atomic E-state index is 0.0992. The molecule has 0 aliphatic rings. The number of allylic oxidation sites excluding steroid dienone is 10. The van der Waals surface area contributed by atoms with Crippen LogP contribution in [0.5, 0.6) is 0 Å². The molecule has 0 aromatic heterocycles. The highest BCUT2D eigenvalue weighted by Gasteiger charge is 2.19. The molecule has 0 fully saturated rings. The topological polar surface area (TPSA) is 78.9 Å². The van der Waals surface area contributed by atoms with Crippen LogP contribution in [0.2, 0.25) is 0 Å². The van der Waals surface area contributed by atoms with Gasteiger partial charge in [-0.3, -0.25) is 14.4 Å². The second-order valence-electron chi connectivity index (χ2n) is 14.9. The molecular formula is C49H84O6. The average Bonchev–Trinajstić information content (AvgIpc) is 3.18. The van der Waals surface area contributed by atoms with Gasteiger partial charge >= 0.3 is 17.9 Å². The first-order valence-corrected chi connectivity index (χ1v) is 22.8. The summed E-state index contributed by atoms with van der Waals surface area (Å²) in [4.78, 5) is 37.7. The number of rotatable bonds is 40. The molecule has 0 heterocycles. The summed E-state index contributed by atoms with van der Waals surface area (Å²) in [5, 5.41) is 0. The Hall–Kier alpha value is -2.89. The van der Waals surface area contributed by atoms with Crippen molar-refractivity contribution in [3.8, 4) is 0 Å². The molecule has 0 aliphatic carbocycles. The van der Waals surface area contributed by atoms with E-state index < -0.39 is 6.10 Å². The molecule has 1 unspecified atom stereocenters. The van der Waals surface area contributed by atoms with Crippen molar-refractivity contribution in [2.24, 2.45) is 0 Å². The molecule has 0 saturated carbocycles. The van der Waals surface area contributed by atoms with Gasteiger partial charge in [-0.15, -0.1) is 0 Å². The second-order valence-corrected chi connectivity index (χ2v) is 14.9. The SMILES string of the molecule is CC/C=C\C/C=C\C/C=C\CCCCC(=O)OC(COC(=O)CCCCC/C=C\CCCCCCCC)COC(=O)CCCCCCC/C=C\CCCCC. The summed E-state index contributed by atoms with van der Waals surface area (Å²) in [7, 11) is 0. The summed E-state index contributed by atoms with van der Waals surface area (Å²) in [6, 6.07) is 0. The van der Waals surface area contributed by atoms with Crippen molar-refractivity contribution >= 4 is 17.9 Å². The third kappa shape index (κ3) is 42.1. The van der Waals surface area contributed by atoms with Crippen LogP contribution in [0.3, 0.4) is 0 Å². The molecule has 0 amide bonds. The molecule has 6 heteroatoms. The van der Waals surface area contributed by atoms with Crippen LogP contribution >= 0.6 is 0 Å². The van der Waals surface area contributed by atoms with E-state index in [1.165, 1.54) is 77.0 Å². The van der Waals surface area contributed by atoms with E-state index in [0.717, 1.165) is 89.9 Å². The summed E-state index contributed by atoms with van der Waals surface area (Å²) >= 11 is 0. The van der Waals surface area contributed by atoms with Crippen molar-refractivity contribution in [2.75, 3.05) is 13.2 Å². The summed E-state index contributed by atoms with van der Waals surface area (Å²) in [6.45, 7) is 6.41. The molecule has 0 N–H and O–H groups in total. The Labute approximate surface area is 339 Å². The van der Waals surface area contributed by atoms with Crippen LogP contribution in [0.1, 0.15) is 213 Å². The van der Waals surface area contributed by atoms with E-state index in [1.54, 1.807) is 0 Å². The van der Waals surface area contributed by atoms with Gasteiger partial charge in [-0.2, -0.15) is 0 Å². The predicted octanol–water partition coefficient (Wildman–Crippen LogP) is 14.5. The maximum Gasteiger partial charge on any atom is 0.306 e. The average molecular weight is 769 g/mol. The molecule has 316 valence electrons. The molecular weight excluding hydrogens is 685 g/mol. The Morgan fingerprint density at radius 3 is 1.22 bits per heavy atom. The molecule has 0 bridgehead atoms. The maximum atomic E-state index is 12.7. The van der Waals surface area contributed by atoms with Gasteiger partial charge in [0.2, 0.25) is 0 Å². The van der Waals surface area contributed by atoms with Crippen molar-refractivity contribution in [3.05, 3.63) is 60.8 Å². The highest BCUT2D eigenvalue weighted by atomic mass is 16.6. The van der Waals surface area contributed by atoms with Gasteiger partial charge in [-0.05, 0) is 103 Å². The number of carbonyl (C=O) groups excluding carboxylic acids is 3.